The number of aliphatic hydroxyl groups is 1. The summed E-state index contributed by atoms with van der Waals surface area (Å²) in [5, 5.41) is 15.4. The van der Waals surface area contributed by atoms with E-state index in [1.54, 1.807) is 12.1 Å². The van der Waals surface area contributed by atoms with E-state index in [-0.39, 0.29) is 42.9 Å². The zero-order valence-electron chi connectivity index (χ0n) is 19.4. The molecule has 3 aliphatic rings. The predicted molar refractivity (Wildman–Crippen MR) is 128 cm³/mol. The van der Waals surface area contributed by atoms with Gasteiger partial charge in [-0.15, -0.1) is 0 Å². The quantitative estimate of drug-likeness (QED) is 0.600. The molecule has 2 saturated heterocycles. The topological polar surface area (TPSA) is 100 Å². The predicted octanol–water partition coefficient (Wildman–Crippen LogP) is 3.87. The van der Waals surface area contributed by atoms with E-state index in [2.05, 4.69) is 10.6 Å². The zero-order valence-corrected chi connectivity index (χ0v) is 19.4. The van der Waals surface area contributed by atoms with Crippen LogP contribution in [0.3, 0.4) is 0 Å². The van der Waals surface area contributed by atoms with E-state index in [4.69, 9.17) is 9.47 Å². The standard InChI is InChI=1S/C26H30FN3O5/c27-16-4-6-17(7-5-16)28-26(33)29-18-8-9-22-20(12-18)21-13-19(34-23(15-31)25(21)35-22)14-24(32)30-10-2-1-3-11-30/h4-9,12,19,21,23,25,31H,1-3,10-11,13-15H2,(H2,28,29,33)/t19-,21-,23-,25+/m0/s1. The highest BCUT2D eigenvalue weighted by atomic mass is 19.1. The first-order valence-corrected chi connectivity index (χ1v) is 12.2. The van der Waals surface area contributed by atoms with Crippen LogP contribution in [0.4, 0.5) is 20.6 Å². The number of fused-ring (bicyclic) bond motifs is 3. The summed E-state index contributed by atoms with van der Waals surface area (Å²) in [7, 11) is 0. The van der Waals surface area contributed by atoms with Crippen molar-refractivity contribution in [3.05, 3.63) is 53.8 Å². The van der Waals surface area contributed by atoms with E-state index in [0.29, 0.717) is 23.5 Å². The van der Waals surface area contributed by atoms with E-state index in [1.807, 2.05) is 11.0 Å². The van der Waals surface area contributed by atoms with Gasteiger partial charge in [0.05, 0.1) is 19.1 Å². The lowest BCUT2D eigenvalue weighted by atomic mass is 9.84. The fourth-order valence-corrected chi connectivity index (χ4v) is 5.26. The van der Waals surface area contributed by atoms with Crippen LogP contribution < -0.4 is 15.4 Å². The summed E-state index contributed by atoms with van der Waals surface area (Å²) in [5.41, 5.74) is 1.98. The van der Waals surface area contributed by atoms with Crippen molar-refractivity contribution in [2.24, 2.45) is 0 Å². The maximum atomic E-state index is 13.1. The van der Waals surface area contributed by atoms with Gasteiger partial charge in [0.2, 0.25) is 5.91 Å². The summed E-state index contributed by atoms with van der Waals surface area (Å²) in [6, 6.07) is 10.5. The van der Waals surface area contributed by atoms with Crippen LogP contribution in [0, 0.1) is 5.82 Å². The van der Waals surface area contributed by atoms with Gasteiger partial charge < -0.3 is 30.1 Å². The molecule has 5 rings (SSSR count). The van der Waals surface area contributed by atoms with Crippen LogP contribution in [-0.4, -0.2) is 60.0 Å². The minimum absolute atomic E-state index is 0.0584. The van der Waals surface area contributed by atoms with Gasteiger partial charge in [-0.1, -0.05) is 0 Å². The summed E-state index contributed by atoms with van der Waals surface area (Å²) in [4.78, 5) is 27.2. The Bertz CT molecular complexity index is 1070. The van der Waals surface area contributed by atoms with E-state index < -0.39 is 12.1 Å². The molecule has 0 aliphatic carbocycles. The fraction of sp³-hybridized carbons (Fsp3) is 0.462. The first kappa shape index (κ1) is 23.6. The normalized spacial score (nSPS) is 25.3. The Morgan fingerprint density at radius 3 is 2.49 bits per heavy atom. The number of amides is 3. The van der Waals surface area contributed by atoms with E-state index in [1.165, 1.54) is 24.3 Å². The minimum atomic E-state index is -0.529. The maximum absolute atomic E-state index is 13.1. The molecule has 0 unspecified atom stereocenters. The number of nitrogens with zero attached hydrogens (tertiary/aromatic N) is 1. The van der Waals surface area contributed by atoms with Crippen LogP contribution in [0.25, 0.3) is 0 Å². The largest absolute Gasteiger partial charge is 0.487 e. The van der Waals surface area contributed by atoms with Crippen molar-refractivity contribution in [1.29, 1.82) is 0 Å². The number of hydrogen-bond donors (Lipinski definition) is 3. The molecule has 3 N–H and O–H groups in total. The van der Waals surface area contributed by atoms with Crippen LogP contribution in [0.1, 0.15) is 43.6 Å². The number of aliphatic hydroxyl groups excluding tert-OH is 1. The van der Waals surface area contributed by atoms with Gasteiger partial charge in [0.1, 0.15) is 23.8 Å². The first-order valence-electron chi connectivity index (χ1n) is 12.2. The number of carbonyl (C=O) groups is 2. The number of rotatable bonds is 5. The molecule has 3 aliphatic heterocycles. The monoisotopic (exact) mass is 483 g/mol. The second-order valence-electron chi connectivity index (χ2n) is 9.39. The summed E-state index contributed by atoms with van der Waals surface area (Å²) in [6.07, 6.45) is 2.92. The SMILES string of the molecule is O=C(Nc1ccc(F)cc1)Nc1ccc2c(c1)[C@@H]1C[C@@H](CC(=O)N3CCCCC3)O[C@@H](CO)[C@@H]1O2. The van der Waals surface area contributed by atoms with Crippen LogP contribution in [0.5, 0.6) is 5.75 Å². The third-order valence-electron chi connectivity index (χ3n) is 6.97. The van der Waals surface area contributed by atoms with E-state index in [0.717, 1.165) is 37.9 Å². The molecule has 2 fully saturated rings. The molecular formula is C26H30FN3O5. The lowest BCUT2D eigenvalue weighted by Gasteiger charge is -2.38. The Kier molecular flexibility index (Phi) is 6.88. The number of anilines is 2. The second kappa shape index (κ2) is 10.2. The molecule has 4 atom stereocenters. The van der Waals surface area contributed by atoms with Crippen molar-refractivity contribution in [2.75, 3.05) is 30.3 Å². The lowest BCUT2D eigenvalue weighted by Crippen LogP contribution is -2.48. The Balaban J connectivity index is 1.27. The van der Waals surface area contributed by atoms with Gasteiger partial charge in [0, 0.05) is 35.9 Å². The molecule has 9 heteroatoms. The van der Waals surface area contributed by atoms with Crippen LogP contribution >= 0.6 is 0 Å². The molecule has 0 radical (unpaired) electrons. The van der Waals surface area contributed by atoms with E-state index >= 15 is 0 Å². The molecule has 35 heavy (non-hydrogen) atoms. The number of urea groups is 1. The summed E-state index contributed by atoms with van der Waals surface area (Å²) in [5.74, 6) is 0.348. The van der Waals surface area contributed by atoms with Gasteiger partial charge in [-0.3, -0.25) is 4.79 Å². The molecule has 3 heterocycles. The number of ether oxygens (including phenoxy) is 2. The Labute approximate surface area is 203 Å². The molecule has 2 aromatic carbocycles. The number of benzene rings is 2. The van der Waals surface area contributed by atoms with Crippen molar-refractivity contribution in [2.45, 2.75) is 56.3 Å². The molecule has 0 bridgehead atoms. The molecule has 2 aromatic rings. The number of carbonyl (C=O) groups excluding carboxylic acids is 2. The lowest BCUT2D eigenvalue weighted by molar-refractivity contribution is -0.149. The number of likely N-dealkylation sites (tertiary alicyclic amines) is 1. The third kappa shape index (κ3) is 5.26. The number of halogens is 1. The number of hydrogen-bond acceptors (Lipinski definition) is 5. The molecular weight excluding hydrogens is 453 g/mol. The summed E-state index contributed by atoms with van der Waals surface area (Å²) in [6.45, 7) is 1.39. The average Bonchev–Trinajstić information content (AvgIpc) is 3.23. The fourth-order valence-electron chi connectivity index (χ4n) is 5.26. The molecule has 3 amide bonds. The average molecular weight is 484 g/mol. The maximum Gasteiger partial charge on any atom is 0.323 e. The van der Waals surface area contributed by atoms with Gasteiger partial charge in [-0.2, -0.15) is 0 Å². The zero-order chi connectivity index (χ0) is 24.4. The highest BCUT2D eigenvalue weighted by Crippen LogP contribution is 2.47. The second-order valence-corrected chi connectivity index (χ2v) is 9.39. The smallest absolute Gasteiger partial charge is 0.323 e. The first-order chi connectivity index (χ1) is 17.0. The van der Waals surface area contributed by atoms with Crippen LogP contribution in [0.15, 0.2) is 42.5 Å². The van der Waals surface area contributed by atoms with E-state index in [9.17, 15) is 19.1 Å². The Hall–Kier alpha value is -3.17. The molecule has 0 aromatic heterocycles. The molecule has 186 valence electrons. The Morgan fingerprint density at radius 2 is 1.74 bits per heavy atom. The van der Waals surface area contributed by atoms with Gasteiger partial charge in [-0.25, -0.2) is 9.18 Å². The van der Waals surface area contributed by atoms with Crippen LogP contribution in [-0.2, 0) is 9.53 Å². The van der Waals surface area contributed by atoms with Crippen molar-refractivity contribution >= 4 is 23.3 Å². The Morgan fingerprint density at radius 1 is 1.03 bits per heavy atom. The van der Waals surface area contributed by atoms with Gasteiger partial charge in [0.15, 0.2) is 0 Å². The summed E-state index contributed by atoms with van der Waals surface area (Å²) >= 11 is 0. The third-order valence-corrected chi connectivity index (χ3v) is 6.97. The number of piperidine rings is 1. The van der Waals surface area contributed by atoms with Crippen LogP contribution in [0.2, 0.25) is 0 Å². The van der Waals surface area contributed by atoms with Gasteiger partial charge in [-0.05, 0) is 68.1 Å². The summed E-state index contributed by atoms with van der Waals surface area (Å²) < 4.78 is 25.3. The van der Waals surface area contributed by atoms with Gasteiger partial charge in [0.25, 0.3) is 0 Å². The molecule has 0 saturated carbocycles. The van der Waals surface area contributed by atoms with Gasteiger partial charge >= 0.3 is 6.03 Å². The number of nitrogens with one attached hydrogen (secondary N) is 2. The molecule has 0 spiro atoms. The van der Waals surface area contributed by atoms with Crippen molar-refractivity contribution in [1.82, 2.24) is 4.90 Å². The minimum Gasteiger partial charge on any atom is -0.487 e. The van der Waals surface area contributed by atoms with Crippen molar-refractivity contribution in [3.8, 4) is 5.75 Å². The molecule has 8 nitrogen and oxygen atoms in total. The van der Waals surface area contributed by atoms with Crippen molar-refractivity contribution < 1.29 is 28.6 Å². The van der Waals surface area contributed by atoms with Crippen molar-refractivity contribution in [3.63, 3.8) is 0 Å². The highest BCUT2D eigenvalue weighted by molar-refractivity contribution is 5.99. The highest BCUT2D eigenvalue weighted by Gasteiger charge is 2.46.